The van der Waals surface area contributed by atoms with Gasteiger partial charge in [0.05, 0.1) is 33.6 Å². The third-order valence-electron chi connectivity index (χ3n) is 11.7. The maximum atomic E-state index is 15.6. The zero-order valence-electron chi connectivity index (χ0n) is 32.7. The lowest BCUT2D eigenvalue weighted by atomic mass is 9.95. The summed E-state index contributed by atoms with van der Waals surface area (Å²) >= 11 is 12.8. The Hall–Kier alpha value is -5.71. The van der Waals surface area contributed by atoms with Crippen LogP contribution in [0.15, 0.2) is 60.8 Å². The van der Waals surface area contributed by atoms with Gasteiger partial charge in [-0.15, -0.1) is 0 Å². The molecule has 0 saturated carbocycles. The molecule has 0 atom stereocenters. The zero-order valence-corrected chi connectivity index (χ0v) is 34.2. The van der Waals surface area contributed by atoms with Crippen LogP contribution in [0.1, 0.15) is 29.6 Å². The van der Waals surface area contributed by atoms with Gasteiger partial charge in [0.2, 0.25) is 11.9 Å². The summed E-state index contributed by atoms with van der Waals surface area (Å²) in [5, 5.41) is 11.4. The first-order chi connectivity index (χ1) is 28.5. The highest BCUT2D eigenvalue weighted by molar-refractivity contribution is 6.40. The van der Waals surface area contributed by atoms with Gasteiger partial charge in [-0.2, -0.15) is 10.1 Å². The highest BCUT2D eigenvalue weighted by atomic mass is 35.5. The minimum Gasteiger partial charge on any atom is -0.369 e. The number of piperidine rings is 1. The number of nitrogens with one attached hydrogen (secondary N) is 2. The molecule has 0 unspecified atom stereocenters. The predicted octanol–water partition coefficient (Wildman–Crippen LogP) is 6.09. The van der Waals surface area contributed by atoms with Crippen LogP contribution in [0.2, 0.25) is 10.0 Å². The summed E-state index contributed by atoms with van der Waals surface area (Å²) in [5.41, 5.74) is 4.08. The summed E-state index contributed by atoms with van der Waals surface area (Å²) in [6, 6.07) is 16.1. The van der Waals surface area contributed by atoms with Crippen LogP contribution in [0, 0.1) is 11.7 Å². The van der Waals surface area contributed by atoms with E-state index in [2.05, 4.69) is 52.5 Å². The largest absolute Gasteiger partial charge is 0.369 e. The van der Waals surface area contributed by atoms with Crippen LogP contribution in [0.25, 0.3) is 10.9 Å². The molecule has 4 aliphatic rings. The molecule has 3 saturated heterocycles. The van der Waals surface area contributed by atoms with E-state index >= 15 is 4.39 Å². The summed E-state index contributed by atoms with van der Waals surface area (Å²) in [4.78, 5) is 58.6. The highest BCUT2D eigenvalue weighted by Crippen LogP contribution is 2.38. The van der Waals surface area contributed by atoms with Gasteiger partial charge < -0.3 is 20.0 Å². The molecule has 3 aromatic carbocycles. The molecule has 59 heavy (non-hydrogen) atoms. The Bertz CT molecular complexity index is 2430. The summed E-state index contributed by atoms with van der Waals surface area (Å²) in [6.45, 7) is 6.75. The van der Waals surface area contributed by atoms with E-state index in [9.17, 15) is 14.4 Å². The third-order valence-corrected chi connectivity index (χ3v) is 12.3. The Kier molecular flexibility index (Phi) is 10.4. The van der Waals surface area contributed by atoms with Crippen molar-refractivity contribution < 1.29 is 18.8 Å². The molecule has 6 heterocycles. The van der Waals surface area contributed by atoms with Crippen molar-refractivity contribution in [3.63, 3.8) is 0 Å². The van der Waals surface area contributed by atoms with Crippen LogP contribution < -0.4 is 35.1 Å². The van der Waals surface area contributed by atoms with E-state index in [1.54, 1.807) is 29.9 Å². The van der Waals surface area contributed by atoms with E-state index in [-0.39, 0.29) is 37.3 Å². The second kappa shape index (κ2) is 15.8. The number of hydrogen-bond donors (Lipinski definition) is 2. The van der Waals surface area contributed by atoms with Crippen LogP contribution in [-0.2, 0) is 11.8 Å². The minimum atomic E-state index is -0.541. The predicted molar refractivity (Wildman–Crippen MR) is 228 cm³/mol. The average molecular weight is 842 g/mol. The molecule has 0 aliphatic carbocycles. The van der Waals surface area contributed by atoms with Crippen molar-refractivity contribution in [1.82, 2.24) is 30.0 Å². The number of para-hydroxylation sites is 1. The van der Waals surface area contributed by atoms with Crippen molar-refractivity contribution in [2.75, 3.05) is 95.9 Å². The van der Waals surface area contributed by atoms with Crippen molar-refractivity contribution in [2.45, 2.75) is 19.3 Å². The van der Waals surface area contributed by atoms with Gasteiger partial charge in [0, 0.05) is 95.8 Å². The number of fused-ring (bicyclic) bond motifs is 2. The Morgan fingerprint density at radius 2 is 1.59 bits per heavy atom. The van der Waals surface area contributed by atoms with Crippen LogP contribution in [0.3, 0.4) is 0 Å². The summed E-state index contributed by atoms with van der Waals surface area (Å²) in [6.07, 6.45) is 3.65. The lowest BCUT2D eigenvalue weighted by Crippen LogP contribution is -2.49. The van der Waals surface area contributed by atoms with Gasteiger partial charge in [-0.3, -0.25) is 34.3 Å². The minimum absolute atomic E-state index is 0.171. The van der Waals surface area contributed by atoms with Gasteiger partial charge in [0.1, 0.15) is 17.2 Å². The number of nitrogens with zero attached hydrogens (tertiary/aromatic N) is 10. The molecule has 4 aliphatic heterocycles. The van der Waals surface area contributed by atoms with E-state index in [4.69, 9.17) is 23.2 Å². The second-order valence-electron chi connectivity index (χ2n) is 15.5. The molecule has 9 rings (SSSR count). The summed E-state index contributed by atoms with van der Waals surface area (Å²) < 4.78 is 17.3. The maximum absolute atomic E-state index is 15.6. The number of aromatic nitrogens is 4. The number of hydrogen-bond acceptors (Lipinski definition) is 11. The van der Waals surface area contributed by atoms with Crippen molar-refractivity contribution in [2.24, 2.45) is 13.0 Å². The first-order valence-electron chi connectivity index (χ1n) is 19.7. The SMILES string of the molecule is CN1CN(c2c(Cl)cccc2Cl)C(=O)c2cnc(Nc3ccc(N4CCN(CC5CCN(c6cc7c(cc6F)c(N6CCC(=O)NC6=O)nn7C)CC5)CC4)cc3)nc21. The number of carbonyl (C=O) groups is 3. The fraction of sp³-hybridized carbons (Fsp3) is 0.366. The van der Waals surface area contributed by atoms with Crippen LogP contribution in [0.5, 0.6) is 0 Å². The fourth-order valence-electron chi connectivity index (χ4n) is 8.53. The fourth-order valence-corrected chi connectivity index (χ4v) is 9.13. The number of halogens is 3. The van der Waals surface area contributed by atoms with E-state index < -0.39 is 6.03 Å². The van der Waals surface area contributed by atoms with Crippen molar-refractivity contribution in [1.29, 1.82) is 0 Å². The van der Waals surface area contributed by atoms with Gasteiger partial charge in [-0.1, -0.05) is 29.3 Å². The summed E-state index contributed by atoms with van der Waals surface area (Å²) in [7, 11) is 3.64. The standard InChI is InChI=1S/C41H43Cl2FN12O3/c1-50-24-56(36-30(42)4-3-5-31(36)43)39(58)29-22-45-40(48-37(29)50)46-26-6-8-27(9-7-26)53-18-16-52(17-19-53)23-25-10-13-54(14-11-25)34-21-33-28(20-32(34)44)38(49-51(33)2)55-15-12-35(57)47-41(55)59/h3-9,20-22,25H,10-19,23-24H2,1-2H3,(H,45,46,48)(H,47,57,59). The quantitative estimate of drug-likeness (QED) is 0.188. The molecule has 306 valence electrons. The Morgan fingerprint density at radius 1 is 0.864 bits per heavy atom. The smallest absolute Gasteiger partial charge is 0.329 e. The van der Waals surface area contributed by atoms with Gasteiger partial charge in [-0.25, -0.2) is 14.2 Å². The molecule has 2 N–H and O–H groups in total. The average Bonchev–Trinajstić information content (AvgIpc) is 3.54. The molecule has 0 bridgehead atoms. The Morgan fingerprint density at radius 3 is 2.31 bits per heavy atom. The van der Waals surface area contributed by atoms with Crippen LogP contribution in [-0.4, -0.2) is 109 Å². The van der Waals surface area contributed by atoms with Crippen molar-refractivity contribution in [3.8, 4) is 0 Å². The van der Waals surface area contributed by atoms with Gasteiger partial charge in [0.25, 0.3) is 5.91 Å². The third kappa shape index (κ3) is 7.56. The van der Waals surface area contributed by atoms with Crippen LogP contribution in [0.4, 0.5) is 49.5 Å². The lowest BCUT2D eigenvalue weighted by molar-refractivity contribution is -0.120. The summed E-state index contributed by atoms with van der Waals surface area (Å²) in [5.74, 6) is 0.848. The van der Waals surface area contributed by atoms with E-state index in [0.29, 0.717) is 55.9 Å². The Balaban J connectivity index is 0.761. The Labute approximate surface area is 350 Å². The first-order valence-corrected chi connectivity index (χ1v) is 20.5. The number of anilines is 7. The molecule has 4 amide bonds. The monoisotopic (exact) mass is 840 g/mol. The maximum Gasteiger partial charge on any atom is 0.329 e. The zero-order chi connectivity index (χ0) is 40.9. The molecule has 18 heteroatoms. The number of amides is 4. The van der Waals surface area contributed by atoms with E-state index in [1.165, 1.54) is 22.1 Å². The number of imide groups is 1. The number of rotatable bonds is 8. The number of aryl methyl sites for hydroxylation is 1. The molecule has 3 fully saturated rings. The van der Waals surface area contributed by atoms with E-state index in [1.807, 2.05) is 30.1 Å². The van der Waals surface area contributed by atoms with E-state index in [0.717, 1.165) is 75.5 Å². The molecule has 15 nitrogen and oxygen atoms in total. The normalized spacial score (nSPS) is 18.2. The molecular formula is C41H43Cl2FN12O3. The van der Waals surface area contributed by atoms with Gasteiger partial charge in [0.15, 0.2) is 5.82 Å². The number of benzene rings is 3. The number of carbonyl (C=O) groups excluding carboxylic acids is 3. The molecule has 0 radical (unpaired) electrons. The first kappa shape index (κ1) is 38.8. The molecular weight excluding hydrogens is 798 g/mol. The molecule has 2 aromatic heterocycles. The second-order valence-corrected chi connectivity index (χ2v) is 16.3. The molecule has 5 aromatic rings. The van der Waals surface area contributed by atoms with Crippen molar-refractivity contribution in [3.05, 3.63) is 82.2 Å². The molecule has 0 spiro atoms. The topological polar surface area (TPSA) is 138 Å². The van der Waals surface area contributed by atoms with Crippen LogP contribution >= 0.6 is 23.2 Å². The highest BCUT2D eigenvalue weighted by Gasteiger charge is 2.34. The lowest BCUT2D eigenvalue weighted by Gasteiger charge is -2.40. The van der Waals surface area contributed by atoms with Gasteiger partial charge >= 0.3 is 6.03 Å². The number of piperazine rings is 1. The van der Waals surface area contributed by atoms with Crippen molar-refractivity contribution >= 4 is 92.3 Å². The number of urea groups is 1. The van der Waals surface area contributed by atoms with Gasteiger partial charge in [-0.05, 0) is 67.3 Å².